The first-order valence-corrected chi connectivity index (χ1v) is 7.10. The fourth-order valence-corrected chi connectivity index (χ4v) is 2.51. The van der Waals surface area contributed by atoms with Crippen molar-refractivity contribution in [1.29, 1.82) is 0 Å². The molecule has 1 unspecified atom stereocenters. The predicted octanol–water partition coefficient (Wildman–Crippen LogP) is 0.435. The van der Waals surface area contributed by atoms with Gasteiger partial charge in [0.05, 0.1) is 19.2 Å². The van der Waals surface area contributed by atoms with E-state index in [1.165, 1.54) is 17.1 Å². The SMILES string of the molecule is CCC(C)NS(=O)(=O)c1cnn(CCC(=O)O)c1. The molecule has 0 aliphatic heterocycles. The van der Waals surface area contributed by atoms with Gasteiger partial charge in [0.15, 0.2) is 0 Å². The topological polar surface area (TPSA) is 101 Å². The van der Waals surface area contributed by atoms with Crippen LogP contribution in [0.3, 0.4) is 0 Å². The molecule has 0 aliphatic carbocycles. The molecule has 0 amide bonds. The lowest BCUT2D eigenvalue weighted by molar-refractivity contribution is -0.137. The minimum Gasteiger partial charge on any atom is -0.481 e. The normalized spacial score (nSPS) is 13.4. The van der Waals surface area contributed by atoms with Gasteiger partial charge < -0.3 is 5.11 Å². The molecule has 7 nitrogen and oxygen atoms in total. The largest absolute Gasteiger partial charge is 0.481 e. The summed E-state index contributed by atoms with van der Waals surface area (Å²) in [5.74, 6) is -0.951. The van der Waals surface area contributed by atoms with Crippen molar-refractivity contribution in [3.05, 3.63) is 12.4 Å². The number of nitrogens with one attached hydrogen (secondary N) is 1. The number of carboxylic acids is 1. The number of sulfonamides is 1. The van der Waals surface area contributed by atoms with Crippen LogP contribution in [0.5, 0.6) is 0 Å². The molecule has 0 saturated carbocycles. The first-order chi connectivity index (χ1) is 8.35. The second kappa shape index (κ2) is 5.96. The number of hydrogen-bond acceptors (Lipinski definition) is 4. The standard InChI is InChI=1S/C10H17N3O4S/c1-3-8(2)12-18(16,17)9-6-11-13(7-9)5-4-10(14)15/h6-8,12H,3-5H2,1-2H3,(H,14,15). The van der Waals surface area contributed by atoms with Gasteiger partial charge in [-0.3, -0.25) is 9.48 Å². The van der Waals surface area contributed by atoms with E-state index in [-0.39, 0.29) is 23.9 Å². The monoisotopic (exact) mass is 275 g/mol. The van der Waals surface area contributed by atoms with Gasteiger partial charge in [-0.1, -0.05) is 6.92 Å². The van der Waals surface area contributed by atoms with Gasteiger partial charge in [-0.05, 0) is 13.3 Å². The van der Waals surface area contributed by atoms with Crippen molar-refractivity contribution >= 4 is 16.0 Å². The lowest BCUT2D eigenvalue weighted by Crippen LogP contribution is -2.31. The summed E-state index contributed by atoms with van der Waals surface area (Å²) in [6.07, 6.45) is 3.13. The number of aliphatic carboxylic acids is 1. The Hall–Kier alpha value is -1.41. The molecule has 0 bridgehead atoms. The minimum absolute atomic E-state index is 0.0492. The van der Waals surface area contributed by atoms with E-state index in [1.807, 2.05) is 6.92 Å². The number of rotatable bonds is 7. The van der Waals surface area contributed by atoms with Crippen LogP contribution in [-0.4, -0.2) is 35.3 Å². The zero-order chi connectivity index (χ0) is 13.8. The van der Waals surface area contributed by atoms with Crippen molar-refractivity contribution in [3.63, 3.8) is 0 Å². The number of carboxylic acid groups (broad SMARTS) is 1. The number of nitrogens with zero attached hydrogens (tertiary/aromatic N) is 2. The summed E-state index contributed by atoms with van der Waals surface area (Å²) in [5.41, 5.74) is 0. The van der Waals surface area contributed by atoms with Gasteiger partial charge in [0, 0.05) is 12.2 Å². The number of aromatic nitrogens is 2. The zero-order valence-corrected chi connectivity index (χ0v) is 11.1. The molecule has 102 valence electrons. The van der Waals surface area contributed by atoms with Gasteiger partial charge in [0.2, 0.25) is 10.0 Å². The highest BCUT2D eigenvalue weighted by Gasteiger charge is 2.18. The van der Waals surface area contributed by atoms with Crippen LogP contribution in [0.4, 0.5) is 0 Å². The Bertz CT molecular complexity index is 509. The van der Waals surface area contributed by atoms with Crippen LogP contribution in [0.25, 0.3) is 0 Å². The summed E-state index contributed by atoms with van der Waals surface area (Å²) in [4.78, 5) is 10.4. The van der Waals surface area contributed by atoms with Crippen LogP contribution in [-0.2, 0) is 21.4 Å². The molecular formula is C10H17N3O4S. The van der Waals surface area contributed by atoms with E-state index < -0.39 is 16.0 Å². The summed E-state index contributed by atoms with van der Waals surface area (Å²) < 4.78 is 27.6. The summed E-state index contributed by atoms with van der Waals surface area (Å²) in [7, 11) is -3.57. The van der Waals surface area contributed by atoms with Crippen molar-refractivity contribution in [2.45, 2.75) is 44.2 Å². The summed E-state index contributed by atoms with van der Waals surface area (Å²) >= 11 is 0. The molecule has 0 radical (unpaired) electrons. The maximum atomic E-state index is 11.9. The van der Waals surface area contributed by atoms with E-state index in [0.717, 1.165) is 0 Å². The third-order valence-corrected chi connectivity index (χ3v) is 3.99. The van der Waals surface area contributed by atoms with Crippen LogP contribution in [0.15, 0.2) is 17.3 Å². The number of aryl methyl sites for hydroxylation is 1. The fourth-order valence-electron chi connectivity index (χ4n) is 1.23. The Kier molecular flexibility index (Phi) is 4.85. The molecule has 1 atom stereocenters. The van der Waals surface area contributed by atoms with Crippen molar-refractivity contribution in [3.8, 4) is 0 Å². The van der Waals surface area contributed by atoms with Crippen LogP contribution in [0, 0.1) is 0 Å². The smallest absolute Gasteiger partial charge is 0.305 e. The molecule has 0 spiro atoms. The second-order valence-electron chi connectivity index (χ2n) is 4.01. The number of carbonyl (C=O) groups is 1. The van der Waals surface area contributed by atoms with E-state index in [1.54, 1.807) is 6.92 Å². The van der Waals surface area contributed by atoms with E-state index in [4.69, 9.17) is 5.11 Å². The third-order valence-electron chi connectivity index (χ3n) is 2.44. The van der Waals surface area contributed by atoms with Gasteiger partial charge in [-0.25, -0.2) is 13.1 Å². The molecule has 0 aromatic carbocycles. The molecule has 1 heterocycles. The molecule has 1 rings (SSSR count). The van der Waals surface area contributed by atoms with Gasteiger partial charge in [0.25, 0.3) is 0 Å². The van der Waals surface area contributed by atoms with E-state index in [9.17, 15) is 13.2 Å². The Balaban J connectivity index is 2.75. The molecule has 1 aromatic heterocycles. The Labute approximate surface area is 106 Å². The maximum Gasteiger partial charge on any atom is 0.305 e. The summed E-state index contributed by atoms with van der Waals surface area (Å²) in [5, 5.41) is 12.3. The van der Waals surface area contributed by atoms with Gasteiger partial charge in [-0.15, -0.1) is 0 Å². The lowest BCUT2D eigenvalue weighted by Gasteiger charge is -2.10. The third kappa shape index (κ3) is 4.11. The molecule has 8 heteroatoms. The van der Waals surface area contributed by atoms with Crippen molar-refractivity contribution in [2.24, 2.45) is 0 Å². The van der Waals surface area contributed by atoms with Gasteiger partial charge in [0.1, 0.15) is 4.90 Å². The molecule has 0 saturated heterocycles. The average molecular weight is 275 g/mol. The lowest BCUT2D eigenvalue weighted by atomic mass is 10.3. The Morgan fingerprint density at radius 3 is 2.83 bits per heavy atom. The molecule has 0 aliphatic rings. The van der Waals surface area contributed by atoms with E-state index in [2.05, 4.69) is 9.82 Å². The first-order valence-electron chi connectivity index (χ1n) is 5.61. The van der Waals surface area contributed by atoms with Crippen LogP contribution in [0.2, 0.25) is 0 Å². The van der Waals surface area contributed by atoms with Gasteiger partial charge in [-0.2, -0.15) is 5.10 Å². The molecule has 18 heavy (non-hydrogen) atoms. The zero-order valence-electron chi connectivity index (χ0n) is 10.3. The van der Waals surface area contributed by atoms with E-state index >= 15 is 0 Å². The molecule has 2 N–H and O–H groups in total. The van der Waals surface area contributed by atoms with Crippen LogP contribution < -0.4 is 4.72 Å². The van der Waals surface area contributed by atoms with Gasteiger partial charge >= 0.3 is 5.97 Å². The fraction of sp³-hybridized carbons (Fsp3) is 0.600. The van der Waals surface area contributed by atoms with Crippen LogP contribution >= 0.6 is 0 Å². The van der Waals surface area contributed by atoms with Crippen molar-refractivity contribution < 1.29 is 18.3 Å². The minimum atomic E-state index is -3.57. The predicted molar refractivity (Wildman–Crippen MR) is 64.6 cm³/mol. The van der Waals surface area contributed by atoms with Crippen LogP contribution in [0.1, 0.15) is 26.7 Å². The maximum absolute atomic E-state index is 11.9. The van der Waals surface area contributed by atoms with E-state index in [0.29, 0.717) is 6.42 Å². The second-order valence-corrected chi connectivity index (χ2v) is 5.73. The van der Waals surface area contributed by atoms with Crippen molar-refractivity contribution in [1.82, 2.24) is 14.5 Å². The Morgan fingerprint density at radius 1 is 1.61 bits per heavy atom. The highest BCUT2D eigenvalue weighted by atomic mass is 32.2. The number of hydrogen-bond donors (Lipinski definition) is 2. The molecule has 0 fully saturated rings. The highest BCUT2D eigenvalue weighted by Crippen LogP contribution is 2.08. The molecule has 1 aromatic rings. The molecular weight excluding hydrogens is 258 g/mol. The summed E-state index contributed by atoms with van der Waals surface area (Å²) in [6, 6.07) is -0.155. The average Bonchev–Trinajstić information content (AvgIpc) is 2.75. The summed E-state index contributed by atoms with van der Waals surface area (Å²) in [6.45, 7) is 3.80. The Morgan fingerprint density at radius 2 is 2.28 bits per heavy atom. The quantitative estimate of drug-likeness (QED) is 0.751. The van der Waals surface area contributed by atoms with Crippen molar-refractivity contribution in [2.75, 3.05) is 0 Å². The highest BCUT2D eigenvalue weighted by molar-refractivity contribution is 7.89. The first kappa shape index (κ1) is 14.7.